The topological polar surface area (TPSA) is 64.7 Å². The third-order valence-corrected chi connectivity index (χ3v) is 2.60. The van der Waals surface area contributed by atoms with Crippen LogP contribution in [-0.4, -0.2) is 15.0 Å². The van der Waals surface area contributed by atoms with Crippen LogP contribution in [0.2, 0.25) is 0 Å². The number of aromatic nitrogens is 3. The summed E-state index contributed by atoms with van der Waals surface area (Å²) in [7, 11) is 0. The Morgan fingerprint density at radius 1 is 1.29 bits per heavy atom. The third kappa shape index (κ3) is 2.42. The third-order valence-electron chi connectivity index (χ3n) is 2.01. The summed E-state index contributed by atoms with van der Waals surface area (Å²) in [6, 6.07) is 0. The molecule has 0 saturated carbocycles. The van der Waals surface area contributed by atoms with Gasteiger partial charge in [-0.3, -0.25) is 0 Å². The lowest BCUT2D eigenvalue weighted by molar-refractivity contribution is -0.141. The second-order valence-corrected chi connectivity index (χ2v) is 3.86. The highest BCUT2D eigenvalue weighted by atomic mass is 32.1. The molecule has 0 atom stereocenters. The molecule has 0 aliphatic heterocycles. The molecule has 17 heavy (non-hydrogen) atoms. The van der Waals surface area contributed by atoms with Crippen molar-refractivity contribution in [2.75, 3.05) is 0 Å². The minimum atomic E-state index is -4.54. The van der Waals surface area contributed by atoms with E-state index in [1.165, 1.54) is 16.8 Å². The van der Waals surface area contributed by atoms with E-state index in [1.807, 2.05) is 0 Å². The number of alkyl halides is 3. The fourth-order valence-corrected chi connectivity index (χ4v) is 1.78. The molecule has 2 N–H and O–H groups in total. The highest BCUT2D eigenvalue weighted by Gasteiger charge is 2.35. The van der Waals surface area contributed by atoms with Gasteiger partial charge >= 0.3 is 6.18 Å². The number of hydrogen-bond donors (Lipinski definition) is 1. The Kier molecular flexibility index (Phi) is 3.07. The van der Waals surface area contributed by atoms with Crippen molar-refractivity contribution in [2.24, 2.45) is 5.73 Å². The molecular weight excluding hydrogens is 253 g/mol. The molecule has 4 nitrogen and oxygen atoms in total. The van der Waals surface area contributed by atoms with E-state index in [0.29, 0.717) is 5.69 Å². The second kappa shape index (κ2) is 4.38. The Balaban J connectivity index is 2.53. The summed E-state index contributed by atoms with van der Waals surface area (Å²) >= 11 is 1.26. The fourth-order valence-electron chi connectivity index (χ4n) is 1.25. The summed E-state index contributed by atoms with van der Waals surface area (Å²) in [4.78, 5) is 11.2. The van der Waals surface area contributed by atoms with Gasteiger partial charge in [-0.2, -0.15) is 13.2 Å². The lowest BCUT2D eigenvalue weighted by atomic mass is 10.2. The predicted molar refractivity (Wildman–Crippen MR) is 56.0 cm³/mol. The highest BCUT2D eigenvalue weighted by molar-refractivity contribution is 7.07. The molecule has 0 aromatic carbocycles. The van der Waals surface area contributed by atoms with Gasteiger partial charge in [-0.25, -0.2) is 15.0 Å². The molecule has 90 valence electrons. The molecule has 2 heterocycles. The van der Waals surface area contributed by atoms with Crippen LogP contribution in [0.3, 0.4) is 0 Å². The zero-order chi connectivity index (χ0) is 12.5. The van der Waals surface area contributed by atoms with Gasteiger partial charge in [0.25, 0.3) is 0 Å². The molecule has 0 amide bonds. The largest absolute Gasteiger partial charge is 0.433 e. The summed E-state index contributed by atoms with van der Waals surface area (Å²) in [5, 5.41) is 1.58. The van der Waals surface area contributed by atoms with Gasteiger partial charge < -0.3 is 5.73 Å². The first-order valence-electron chi connectivity index (χ1n) is 4.54. The van der Waals surface area contributed by atoms with Crippen LogP contribution in [0.25, 0.3) is 11.5 Å². The molecule has 0 saturated heterocycles. The molecule has 2 aromatic heterocycles. The van der Waals surface area contributed by atoms with Crippen LogP contribution in [0.5, 0.6) is 0 Å². The van der Waals surface area contributed by atoms with Crippen molar-refractivity contribution in [3.05, 3.63) is 28.3 Å². The molecular formula is C9H7F3N4S. The molecule has 0 spiro atoms. The van der Waals surface area contributed by atoms with Crippen LogP contribution in [0.4, 0.5) is 13.2 Å². The van der Waals surface area contributed by atoms with Crippen LogP contribution in [-0.2, 0) is 12.7 Å². The minimum absolute atomic E-state index is 0.0456. The van der Waals surface area contributed by atoms with E-state index in [0.717, 1.165) is 6.20 Å². The molecule has 8 heteroatoms. The fraction of sp³-hybridized carbons (Fsp3) is 0.222. The first-order valence-corrected chi connectivity index (χ1v) is 5.48. The van der Waals surface area contributed by atoms with Crippen LogP contribution in [0.1, 0.15) is 11.3 Å². The smallest absolute Gasteiger partial charge is 0.326 e. The number of rotatable bonds is 2. The highest BCUT2D eigenvalue weighted by Crippen LogP contribution is 2.31. The van der Waals surface area contributed by atoms with Gasteiger partial charge in [0, 0.05) is 23.7 Å². The molecule has 0 aliphatic carbocycles. The molecule has 0 aliphatic rings. The maximum absolute atomic E-state index is 12.7. The monoisotopic (exact) mass is 260 g/mol. The van der Waals surface area contributed by atoms with Crippen molar-refractivity contribution in [3.63, 3.8) is 0 Å². The van der Waals surface area contributed by atoms with Gasteiger partial charge in [0.1, 0.15) is 5.69 Å². The molecule has 0 radical (unpaired) electrons. The number of nitrogens with zero attached hydrogens (tertiary/aromatic N) is 3. The van der Waals surface area contributed by atoms with Crippen LogP contribution >= 0.6 is 11.3 Å². The summed E-state index contributed by atoms with van der Waals surface area (Å²) in [6.07, 6.45) is -3.45. The van der Waals surface area contributed by atoms with Gasteiger partial charge in [-0.15, -0.1) is 11.3 Å². The summed E-state index contributed by atoms with van der Waals surface area (Å²) < 4.78 is 38.1. The van der Waals surface area contributed by atoms with E-state index in [2.05, 4.69) is 15.0 Å². The van der Waals surface area contributed by atoms with Crippen molar-refractivity contribution in [1.82, 2.24) is 15.0 Å². The van der Waals surface area contributed by atoms with Crippen molar-refractivity contribution in [3.8, 4) is 11.5 Å². The Morgan fingerprint density at radius 2 is 2.06 bits per heavy atom. The zero-order valence-corrected chi connectivity index (χ0v) is 9.22. The van der Waals surface area contributed by atoms with Crippen molar-refractivity contribution >= 4 is 11.3 Å². The minimum Gasteiger partial charge on any atom is -0.326 e. The normalized spacial score (nSPS) is 11.8. The van der Waals surface area contributed by atoms with Gasteiger partial charge in [0.2, 0.25) is 0 Å². The Hall–Kier alpha value is -1.54. The van der Waals surface area contributed by atoms with E-state index in [9.17, 15) is 13.2 Å². The Labute approximate surface area is 98.4 Å². The summed E-state index contributed by atoms with van der Waals surface area (Å²) in [5.41, 5.74) is 5.92. The molecule has 2 rings (SSSR count). The van der Waals surface area contributed by atoms with Gasteiger partial charge in [0.15, 0.2) is 11.5 Å². The standard InChI is InChI=1S/C9H7F3N4S/c10-9(11,12)7-5(1-13)2-14-8(16-7)6-3-17-4-15-6/h2-4H,1,13H2. The van der Waals surface area contributed by atoms with Crippen LogP contribution < -0.4 is 5.73 Å². The number of halogens is 3. The van der Waals surface area contributed by atoms with Crippen LogP contribution in [0.15, 0.2) is 17.1 Å². The molecule has 0 fully saturated rings. The van der Waals surface area contributed by atoms with E-state index in [4.69, 9.17) is 5.73 Å². The first kappa shape index (κ1) is 11.9. The van der Waals surface area contributed by atoms with Gasteiger partial charge in [-0.1, -0.05) is 0 Å². The summed E-state index contributed by atoms with van der Waals surface area (Å²) in [6.45, 7) is -0.258. The average Bonchev–Trinajstić information content (AvgIpc) is 2.80. The average molecular weight is 260 g/mol. The Bertz CT molecular complexity index is 509. The van der Waals surface area contributed by atoms with E-state index in [-0.39, 0.29) is 17.9 Å². The van der Waals surface area contributed by atoms with Crippen molar-refractivity contribution < 1.29 is 13.2 Å². The second-order valence-electron chi connectivity index (χ2n) is 3.14. The summed E-state index contributed by atoms with van der Waals surface area (Å²) in [5.74, 6) is -0.0456. The molecule has 2 aromatic rings. The number of nitrogens with two attached hydrogens (primary N) is 1. The molecule has 0 bridgehead atoms. The quantitative estimate of drug-likeness (QED) is 0.897. The number of hydrogen-bond acceptors (Lipinski definition) is 5. The maximum atomic E-state index is 12.7. The van der Waals surface area contributed by atoms with Gasteiger partial charge in [0.05, 0.1) is 5.51 Å². The van der Waals surface area contributed by atoms with Gasteiger partial charge in [-0.05, 0) is 0 Å². The maximum Gasteiger partial charge on any atom is 0.433 e. The SMILES string of the molecule is NCc1cnc(-c2cscn2)nc1C(F)(F)F. The zero-order valence-electron chi connectivity index (χ0n) is 8.40. The Morgan fingerprint density at radius 3 is 2.59 bits per heavy atom. The van der Waals surface area contributed by atoms with Crippen molar-refractivity contribution in [1.29, 1.82) is 0 Å². The van der Waals surface area contributed by atoms with Crippen molar-refractivity contribution in [2.45, 2.75) is 12.7 Å². The number of thiazole rings is 1. The predicted octanol–water partition coefficient (Wildman–Crippen LogP) is 2.08. The lowest BCUT2D eigenvalue weighted by Gasteiger charge is -2.10. The van der Waals surface area contributed by atoms with Crippen LogP contribution in [0, 0.1) is 0 Å². The first-order chi connectivity index (χ1) is 8.02. The van der Waals surface area contributed by atoms with E-state index < -0.39 is 11.9 Å². The van der Waals surface area contributed by atoms with E-state index >= 15 is 0 Å². The molecule has 0 unspecified atom stereocenters. The lowest BCUT2D eigenvalue weighted by Crippen LogP contribution is -2.15. The van der Waals surface area contributed by atoms with E-state index in [1.54, 1.807) is 5.38 Å².